The Kier molecular flexibility index (Phi) is 9.15. The Balaban J connectivity index is 0.00000288. The Bertz CT molecular complexity index is 596. The van der Waals surface area contributed by atoms with Crippen molar-refractivity contribution in [3.63, 3.8) is 0 Å². The minimum Gasteiger partial charge on any atom is -0.492 e. The van der Waals surface area contributed by atoms with Crippen LogP contribution in [0.2, 0.25) is 0 Å². The molecule has 2 N–H and O–H groups in total. The number of hydrogen-bond acceptors (Lipinski definition) is 4. The van der Waals surface area contributed by atoms with E-state index in [1.54, 1.807) is 19.2 Å². The van der Waals surface area contributed by atoms with E-state index in [0.717, 1.165) is 30.9 Å². The molecule has 0 radical (unpaired) electrons. The Morgan fingerprint density at radius 2 is 1.75 bits per heavy atom. The molecule has 0 atom stereocenters. The number of ether oxygens (including phenoxy) is 2. The van der Waals surface area contributed by atoms with Gasteiger partial charge in [0.15, 0.2) is 0 Å². The third-order valence-electron chi connectivity index (χ3n) is 3.46. The molecule has 0 heterocycles. The first-order chi connectivity index (χ1) is 11.2. The lowest BCUT2D eigenvalue weighted by Gasteiger charge is -2.22. The van der Waals surface area contributed by atoms with Crippen LogP contribution in [0.15, 0.2) is 48.5 Å². The monoisotopic (exact) mass is 354 g/mol. The summed E-state index contributed by atoms with van der Waals surface area (Å²) in [6, 6.07) is 13.9. The van der Waals surface area contributed by atoms with Gasteiger partial charge in [0.05, 0.1) is 6.61 Å². The topological polar surface area (TPSA) is 47.7 Å². The fraction of sp³-hybridized carbons (Fsp3) is 0.333. The summed E-state index contributed by atoms with van der Waals surface area (Å²) in [5.74, 6) is 0.405. The molecule has 0 aromatic heterocycles. The van der Waals surface area contributed by atoms with E-state index >= 15 is 0 Å². The molecule has 0 bridgehead atoms. The molecule has 0 spiro atoms. The molecule has 132 valence electrons. The summed E-state index contributed by atoms with van der Waals surface area (Å²) in [4.78, 5) is 2.24. The molecular weight excluding hydrogens is 331 g/mol. The normalized spacial score (nSPS) is 10.5. The molecule has 24 heavy (non-hydrogen) atoms. The van der Waals surface area contributed by atoms with Crippen molar-refractivity contribution in [1.82, 2.24) is 4.90 Å². The summed E-state index contributed by atoms with van der Waals surface area (Å²) >= 11 is 0. The highest BCUT2D eigenvalue weighted by molar-refractivity contribution is 5.85. The average molecular weight is 355 g/mol. The van der Waals surface area contributed by atoms with E-state index in [1.807, 2.05) is 18.2 Å². The summed E-state index contributed by atoms with van der Waals surface area (Å²) in [5.41, 5.74) is 7.74. The first-order valence-corrected chi connectivity index (χ1v) is 7.61. The molecule has 0 amide bonds. The van der Waals surface area contributed by atoms with Crippen LogP contribution in [0.4, 0.5) is 10.1 Å². The second kappa shape index (κ2) is 10.9. The summed E-state index contributed by atoms with van der Waals surface area (Å²) in [5, 5.41) is 0. The predicted octanol–water partition coefficient (Wildman–Crippen LogP) is 3.36. The van der Waals surface area contributed by atoms with E-state index in [9.17, 15) is 4.39 Å². The van der Waals surface area contributed by atoms with E-state index in [4.69, 9.17) is 15.2 Å². The number of nitrogen functional groups attached to an aromatic ring is 1. The first-order valence-electron chi connectivity index (χ1n) is 7.61. The number of nitrogens with zero attached hydrogens (tertiary/aromatic N) is 1. The largest absolute Gasteiger partial charge is 0.492 e. The second-order valence-corrected chi connectivity index (χ2v) is 5.32. The van der Waals surface area contributed by atoms with Crippen molar-refractivity contribution in [1.29, 1.82) is 0 Å². The molecule has 0 aliphatic heterocycles. The molecule has 0 unspecified atom stereocenters. The molecule has 4 nitrogen and oxygen atoms in total. The van der Waals surface area contributed by atoms with Gasteiger partial charge in [-0.3, -0.25) is 4.90 Å². The molecule has 0 aliphatic rings. The van der Waals surface area contributed by atoms with Gasteiger partial charge in [0.1, 0.15) is 18.2 Å². The minimum absolute atomic E-state index is 0. The quantitative estimate of drug-likeness (QED) is 0.701. The van der Waals surface area contributed by atoms with Crippen molar-refractivity contribution in [2.24, 2.45) is 0 Å². The Morgan fingerprint density at radius 3 is 2.42 bits per heavy atom. The van der Waals surface area contributed by atoms with E-state index < -0.39 is 0 Å². The van der Waals surface area contributed by atoms with Gasteiger partial charge >= 0.3 is 0 Å². The second-order valence-electron chi connectivity index (χ2n) is 5.32. The van der Waals surface area contributed by atoms with Gasteiger partial charge < -0.3 is 15.2 Å². The standard InChI is InChI=1S/C18H23FN2O2.ClH/c1-22-11-9-21(14-15-3-2-4-17(20)13-15)10-12-23-18-7-5-16(19)6-8-18;/h2-8,13H,9-12,14,20H2,1H3;1H. The maximum atomic E-state index is 12.9. The number of nitrogens with two attached hydrogens (primary N) is 1. The van der Waals surface area contributed by atoms with E-state index in [-0.39, 0.29) is 18.2 Å². The van der Waals surface area contributed by atoms with Crippen molar-refractivity contribution >= 4 is 18.1 Å². The highest BCUT2D eigenvalue weighted by atomic mass is 35.5. The highest BCUT2D eigenvalue weighted by Crippen LogP contribution is 2.12. The lowest BCUT2D eigenvalue weighted by molar-refractivity contribution is 0.131. The molecule has 2 aromatic carbocycles. The van der Waals surface area contributed by atoms with Crippen LogP contribution in [0.25, 0.3) is 0 Å². The number of benzene rings is 2. The minimum atomic E-state index is -0.263. The van der Waals surface area contributed by atoms with Crippen LogP contribution in [0, 0.1) is 5.82 Å². The molecule has 0 saturated heterocycles. The molecular formula is C18H24ClFN2O2. The van der Waals surface area contributed by atoms with Crippen molar-refractivity contribution < 1.29 is 13.9 Å². The zero-order valence-electron chi connectivity index (χ0n) is 13.8. The van der Waals surface area contributed by atoms with Crippen LogP contribution in [-0.4, -0.2) is 38.3 Å². The van der Waals surface area contributed by atoms with Gasteiger partial charge in [-0.2, -0.15) is 0 Å². The van der Waals surface area contributed by atoms with Crippen LogP contribution in [0.3, 0.4) is 0 Å². The van der Waals surface area contributed by atoms with Gasteiger partial charge in [-0.05, 0) is 42.0 Å². The van der Waals surface area contributed by atoms with Crippen LogP contribution in [0.5, 0.6) is 5.75 Å². The highest BCUT2D eigenvalue weighted by Gasteiger charge is 2.07. The van der Waals surface area contributed by atoms with E-state index in [0.29, 0.717) is 19.0 Å². The van der Waals surface area contributed by atoms with Crippen molar-refractivity contribution in [3.05, 3.63) is 59.9 Å². The number of halogens is 2. The molecule has 2 rings (SSSR count). The average Bonchev–Trinajstić information content (AvgIpc) is 2.54. The first kappa shape index (κ1) is 20.2. The smallest absolute Gasteiger partial charge is 0.123 e. The Hall–Kier alpha value is -1.82. The maximum Gasteiger partial charge on any atom is 0.123 e. The van der Waals surface area contributed by atoms with Gasteiger partial charge in [0, 0.05) is 32.4 Å². The zero-order chi connectivity index (χ0) is 16.5. The van der Waals surface area contributed by atoms with Gasteiger partial charge in [0.25, 0.3) is 0 Å². The molecule has 6 heteroatoms. The molecule has 2 aromatic rings. The number of anilines is 1. The fourth-order valence-electron chi connectivity index (χ4n) is 2.26. The van der Waals surface area contributed by atoms with Crippen LogP contribution in [0.1, 0.15) is 5.56 Å². The summed E-state index contributed by atoms with van der Waals surface area (Å²) in [6.45, 7) is 3.51. The molecule has 0 fully saturated rings. The van der Waals surface area contributed by atoms with Gasteiger partial charge in [-0.25, -0.2) is 4.39 Å². The van der Waals surface area contributed by atoms with E-state index in [1.165, 1.54) is 12.1 Å². The van der Waals surface area contributed by atoms with Crippen molar-refractivity contribution in [2.75, 3.05) is 39.1 Å². The SMILES string of the molecule is COCCN(CCOc1ccc(F)cc1)Cc1cccc(N)c1.Cl. The number of rotatable bonds is 9. The maximum absolute atomic E-state index is 12.9. The van der Waals surface area contributed by atoms with Crippen LogP contribution < -0.4 is 10.5 Å². The third-order valence-corrected chi connectivity index (χ3v) is 3.46. The van der Waals surface area contributed by atoms with E-state index in [2.05, 4.69) is 11.0 Å². The van der Waals surface area contributed by atoms with Gasteiger partial charge in [-0.1, -0.05) is 12.1 Å². The predicted molar refractivity (Wildman–Crippen MR) is 97.2 cm³/mol. The summed E-state index contributed by atoms with van der Waals surface area (Å²) in [7, 11) is 1.69. The lowest BCUT2D eigenvalue weighted by atomic mass is 10.2. The third kappa shape index (κ3) is 7.17. The lowest BCUT2D eigenvalue weighted by Crippen LogP contribution is -2.31. The molecule has 0 saturated carbocycles. The molecule has 0 aliphatic carbocycles. The van der Waals surface area contributed by atoms with Gasteiger partial charge in [-0.15, -0.1) is 12.4 Å². The zero-order valence-corrected chi connectivity index (χ0v) is 14.6. The van der Waals surface area contributed by atoms with Crippen LogP contribution in [-0.2, 0) is 11.3 Å². The van der Waals surface area contributed by atoms with Crippen molar-refractivity contribution in [2.45, 2.75) is 6.54 Å². The number of methoxy groups -OCH3 is 1. The fourth-order valence-corrected chi connectivity index (χ4v) is 2.26. The Morgan fingerprint density at radius 1 is 1.04 bits per heavy atom. The van der Waals surface area contributed by atoms with Crippen molar-refractivity contribution in [3.8, 4) is 5.75 Å². The summed E-state index contributed by atoms with van der Waals surface area (Å²) in [6.07, 6.45) is 0. The number of hydrogen-bond donors (Lipinski definition) is 1. The van der Waals surface area contributed by atoms with Gasteiger partial charge in [0.2, 0.25) is 0 Å². The summed E-state index contributed by atoms with van der Waals surface area (Å²) < 4.78 is 23.7. The van der Waals surface area contributed by atoms with Crippen LogP contribution >= 0.6 is 12.4 Å². The Labute approximate surface area is 148 Å².